The van der Waals surface area contributed by atoms with Crippen molar-refractivity contribution in [3.63, 3.8) is 0 Å². The number of furan rings is 1. The molecule has 5 nitrogen and oxygen atoms in total. The van der Waals surface area contributed by atoms with Crippen molar-refractivity contribution in [1.29, 1.82) is 0 Å². The van der Waals surface area contributed by atoms with E-state index in [0.29, 0.717) is 18.0 Å². The summed E-state index contributed by atoms with van der Waals surface area (Å²) in [5.41, 5.74) is 0.490. The second kappa shape index (κ2) is 6.62. The molecule has 2 aromatic rings. The normalized spacial score (nSPS) is 11.9. The molecule has 0 spiro atoms. The van der Waals surface area contributed by atoms with Crippen molar-refractivity contribution in [2.75, 3.05) is 27.2 Å². The van der Waals surface area contributed by atoms with Crippen LogP contribution in [0.3, 0.4) is 0 Å². The van der Waals surface area contributed by atoms with Gasteiger partial charge in [0.2, 0.25) is 0 Å². The van der Waals surface area contributed by atoms with Crippen LogP contribution in [0.5, 0.6) is 0 Å². The third-order valence-corrected chi connectivity index (χ3v) is 4.20. The monoisotopic (exact) mass is 321 g/mol. The Labute approximate surface area is 135 Å². The van der Waals surface area contributed by atoms with E-state index in [1.54, 1.807) is 6.26 Å². The molecule has 0 saturated carbocycles. The lowest BCUT2D eigenvalue weighted by atomic mass is 9.93. The molecule has 120 valence electrons. The van der Waals surface area contributed by atoms with E-state index in [2.05, 4.69) is 29.0 Å². The van der Waals surface area contributed by atoms with Crippen LogP contribution in [0.25, 0.3) is 10.8 Å². The molecular weight excluding hydrogens is 298 g/mol. The summed E-state index contributed by atoms with van der Waals surface area (Å²) in [6.07, 6.45) is 1.61. The largest absolute Gasteiger partial charge is 0.462 e. The predicted molar refractivity (Wildman–Crippen MR) is 89.2 cm³/mol. The number of aryl methyl sites for hydroxylation is 1. The molecule has 0 aliphatic carbocycles. The first-order chi connectivity index (χ1) is 10.3. The highest BCUT2D eigenvalue weighted by molar-refractivity contribution is 7.15. The number of hydrogen-bond donors (Lipinski definition) is 1. The summed E-state index contributed by atoms with van der Waals surface area (Å²) in [7, 11) is 4.06. The first kappa shape index (κ1) is 16.7. The lowest BCUT2D eigenvalue weighted by Gasteiger charge is -2.28. The Morgan fingerprint density at radius 2 is 2.18 bits per heavy atom. The minimum absolute atomic E-state index is 0.00687. The van der Waals surface area contributed by atoms with Gasteiger partial charge in [0.25, 0.3) is 5.91 Å². The minimum Gasteiger partial charge on any atom is -0.462 e. The smallest absolute Gasteiger partial charge is 0.271 e. The number of amides is 1. The second-order valence-corrected chi connectivity index (χ2v) is 7.69. The average Bonchev–Trinajstić information content (AvgIpc) is 3.03. The SMILES string of the molecule is Cc1sc(-c2ccco2)nc1C(=O)NCC(C)(C)CN(C)C. The summed E-state index contributed by atoms with van der Waals surface area (Å²) >= 11 is 1.47. The molecule has 0 aliphatic rings. The zero-order valence-corrected chi connectivity index (χ0v) is 14.6. The molecule has 0 bridgehead atoms. The van der Waals surface area contributed by atoms with E-state index >= 15 is 0 Å². The molecular formula is C16H23N3O2S. The molecule has 0 fully saturated rings. The van der Waals surface area contributed by atoms with E-state index in [-0.39, 0.29) is 11.3 Å². The Kier molecular flexibility index (Phi) is 5.03. The van der Waals surface area contributed by atoms with E-state index in [0.717, 1.165) is 16.4 Å². The van der Waals surface area contributed by atoms with Crippen molar-refractivity contribution in [1.82, 2.24) is 15.2 Å². The van der Waals surface area contributed by atoms with Gasteiger partial charge in [0.15, 0.2) is 10.8 Å². The van der Waals surface area contributed by atoms with Crippen LogP contribution in [0.1, 0.15) is 29.2 Å². The third kappa shape index (κ3) is 4.18. The molecule has 6 heteroatoms. The van der Waals surface area contributed by atoms with Crippen LogP contribution in [-0.2, 0) is 0 Å². The Balaban J connectivity index is 2.04. The van der Waals surface area contributed by atoms with Gasteiger partial charge in [-0.3, -0.25) is 4.79 Å². The maximum atomic E-state index is 12.4. The zero-order valence-electron chi connectivity index (χ0n) is 13.8. The number of rotatable bonds is 6. The van der Waals surface area contributed by atoms with Gasteiger partial charge in [-0.15, -0.1) is 11.3 Å². The second-order valence-electron chi connectivity index (χ2n) is 6.49. The number of carbonyl (C=O) groups is 1. The molecule has 0 aliphatic heterocycles. The predicted octanol–water partition coefficient (Wildman–Crippen LogP) is 3.03. The van der Waals surface area contributed by atoms with E-state index in [1.165, 1.54) is 11.3 Å². The topological polar surface area (TPSA) is 58.4 Å². The molecule has 2 heterocycles. The summed E-state index contributed by atoms with van der Waals surface area (Å²) in [6, 6.07) is 3.66. The molecule has 0 radical (unpaired) electrons. The quantitative estimate of drug-likeness (QED) is 0.888. The third-order valence-electron chi connectivity index (χ3n) is 3.22. The zero-order chi connectivity index (χ0) is 16.3. The standard InChI is InChI=1S/C16H23N3O2S/c1-11-13(18-15(22-11)12-7-6-8-21-12)14(20)17-9-16(2,3)10-19(4)5/h6-8H,9-10H2,1-5H3,(H,17,20). The molecule has 2 rings (SSSR count). The fraction of sp³-hybridized carbons (Fsp3) is 0.500. The minimum atomic E-state index is -0.126. The molecule has 0 atom stereocenters. The van der Waals surface area contributed by atoms with Gasteiger partial charge in [0, 0.05) is 18.0 Å². The molecule has 0 aromatic carbocycles. The van der Waals surface area contributed by atoms with E-state index in [1.807, 2.05) is 33.2 Å². The van der Waals surface area contributed by atoms with Gasteiger partial charge >= 0.3 is 0 Å². The Morgan fingerprint density at radius 3 is 2.77 bits per heavy atom. The highest BCUT2D eigenvalue weighted by atomic mass is 32.1. The van der Waals surface area contributed by atoms with Gasteiger partial charge in [-0.2, -0.15) is 0 Å². The summed E-state index contributed by atoms with van der Waals surface area (Å²) in [5.74, 6) is 0.568. The molecule has 1 amide bonds. The number of carbonyl (C=O) groups excluding carboxylic acids is 1. The fourth-order valence-corrected chi connectivity index (χ4v) is 3.31. The fourth-order valence-electron chi connectivity index (χ4n) is 2.43. The van der Waals surface area contributed by atoms with Gasteiger partial charge in [-0.05, 0) is 38.6 Å². The Bertz CT molecular complexity index is 630. The highest BCUT2D eigenvalue weighted by Gasteiger charge is 2.22. The van der Waals surface area contributed by atoms with E-state index in [4.69, 9.17) is 4.42 Å². The number of nitrogens with one attached hydrogen (secondary N) is 1. The van der Waals surface area contributed by atoms with Crippen molar-refractivity contribution in [3.05, 3.63) is 29.0 Å². The van der Waals surface area contributed by atoms with Crippen LogP contribution >= 0.6 is 11.3 Å². The lowest BCUT2D eigenvalue weighted by molar-refractivity contribution is 0.0924. The van der Waals surface area contributed by atoms with Crippen LogP contribution in [0.4, 0.5) is 0 Å². The van der Waals surface area contributed by atoms with E-state index < -0.39 is 0 Å². The molecule has 0 saturated heterocycles. The van der Waals surface area contributed by atoms with Crippen LogP contribution < -0.4 is 5.32 Å². The van der Waals surface area contributed by atoms with Crippen molar-refractivity contribution >= 4 is 17.2 Å². The van der Waals surface area contributed by atoms with Crippen LogP contribution in [0, 0.1) is 12.3 Å². The summed E-state index contributed by atoms with van der Waals surface area (Å²) < 4.78 is 5.34. The first-order valence-corrected chi connectivity index (χ1v) is 8.04. The van der Waals surface area contributed by atoms with Crippen molar-refractivity contribution in [3.8, 4) is 10.8 Å². The van der Waals surface area contributed by atoms with Gasteiger partial charge in [0.1, 0.15) is 5.69 Å². The average molecular weight is 321 g/mol. The lowest BCUT2D eigenvalue weighted by Crippen LogP contribution is -2.40. The van der Waals surface area contributed by atoms with E-state index in [9.17, 15) is 4.79 Å². The molecule has 22 heavy (non-hydrogen) atoms. The summed E-state index contributed by atoms with van der Waals surface area (Å²) in [4.78, 5) is 19.8. The number of aromatic nitrogens is 1. The van der Waals surface area contributed by atoms with Crippen molar-refractivity contribution in [2.45, 2.75) is 20.8 Å². The van der Waals surface area contributed by atoms with Crippen LogP contribution in [-0.4, -0.2) is 43.0 Å². The number of nitrogens with zero attached hydrogens (tertiary/aromatic N) is 2. The van der Waals surface area contributed by atoms with Crippen LogP contribution in [0.15, 0.2) is 22.8 Å². The molecule has 2 aromatic heterocycles. The Hall–Kier alpha value is -1.66. The van der Waals surface area contributed by atoms with Gasteiger partial charge < -0.3 is 14.6 Å². The van der Waals surface area contributed by atoms with Crippen molar-refractivity contribution in [2.24, 2.45) is 5.41 Å². The maximum Gasteiger partial charge on any atom is 0.271 e. The van der Waals surface area contributed by atoms with Gasteiger partial charge in [-0.25, -0.2) is 4.98 Å². The first-order valence-electron chi connectivity index (χ1n) is 7.23. The van der Waals surface area contributed by atoms with Gasteiger partial charge in [0.05, 0.1) is 6.26 Å². The van der Waals surface area contributed by atoms with Gasteiger partial charge in [-0.1, -0.05) is 13.8 Å². The Morgan fingerprint density at radius 1 is 1.45 bits per heavy atom. The molecule has 1 N–H and O–H groups in total. The highest BCUT2D eigenvalue weighted by Crippen LogP contribution is 2.28. The van der Waals surface area contributed by atoms with Crippen molar-refractivity contribution < 1.29 is 9.21 Å². The number of hydrogen-bond acceptors (Lipinski definition) is 5. The summed E-state index contributed by atoms with van der Waals surface area (Å²) in [6.45, 7) is 7.69. The summed E-state index contributed by atoms with van der Waals surface area (Å²) in [5, 5.41) is 3.73. The van der Waals surface area contributed by atoms with Crippen LogP contribution in [0.2, 0.25) is 0 Å². The maximum absolute atomic E-state index is 12.4. The number of thiazole rings is 1. The molecule has 0 unspecified atom stereocenters.